The highest BCUT2D eigenvalue weighted by Crippen LogP contribution is 2.27. The van der Waals surface area contributed by atoms with E-state index in [1.807, 2.05) is 17.5 Å². The number of methoxy groups -OCH3 is 1. The number of carbonyl (C=O) groups excluding carboxylic acids is 2. The standard InChI is InChI=1S/C12H17N3O3S.ClH/c1-18-7-8(13)12(17)15-5-4-14-11(16)10(15)9-3-2-6-19-9;/h2-3,6,8,10H,4-5,7,13H2,1H3,(H,14,16);1H. The third-order valence-corrected chi connectivity index (χ3v) is 3.90. The normalized spacial score (nSPS) is 20.0. The molecule has 112 valence electrons. The fourth-order valence-corrected chi connectivity index (χ4v) is 2.93. The number of nitrogens with one attached hydrogen (secondary N) is 1. The van der Waals surface area contributed by atoms with Crippen LogP contribution in [-0.2, 0) is 14.3 Å². The van der Waals surface area contributed by atoms with Crippen molar-refractivity contribution in [2.45, 2.75) is 12.1 Å². The molecule has 0 saturated carbocycles. The van der Waals surface area contributed by atoms with Gasteiger partial charge in [0, 0.05) is 25.1 Å². The fourth-order valence-electron chi connectivity index (χ4n) is 2.10. The summed E-state index contributed by atoms with van der Waals surface area (Å²) in [5, 5.41) is 4.66. The number of ether oxygens (including phenoxy) is 1. The zero-order valence-electron chi connectivity index (χ0n) is 11.1. The molecular formula is C12H18ClN3O3S. The Kier molecular flexibility index (Phi) is 6.41. The highest BCUT2D eigenvalue weighted by molar-refractivity contribution is 7.10. The lowest BCUT2D eigenvalue weighted by atomic mass is 10.1. The Bertz CT molecular complexity index is 455. The predicted molar refractivity (Wildman–Crippen MR) is 78.9 cm³/mol. The van der Waals surface area contributed by atoms with Crippen molar-refractivity contribution in [2.75, 3.05) is 26.8 Å². The molecule has 0 aromatic carbocycles. The van der Waals surface area contributed by atoms with Gasteiger partial charge >= 0.3 is 0 Å². The lowest BCUT2D eigenvalue weighted by Gasteiger charge is -2.35. The molecule has 8 heteroatoms. The topological polar surface area (TPSA) is 84.7 Å². The van der Waals surface area contributed by atoms with Gasteiger partial charge in [-0.25, -0.2) is 0 Å². The van der Waals surface area contributed by atoms with Gasteiger partial charge in [-0.3, -0.25) is 9.59 Å². The highest BCUT2D eigenvalue weighted by atomic mass is 35.5. The second kappa shape index (κ2) is 7.58. The molecule has 1 aromatic heterocycles. The predicted octanol–water partition coefficient (Wildman–Crippen LogP) is 0.143. The smallest absolute Gasteiger partial charge is 0.248 e. The van der Waals surface area contributed by atoms with Crippen LogP contribution in [0.1, 0.15) is 10.9 Å². The lowest BCUT2D eigenvalue weighted by molar-refractivity contribution is -0.145. The first-order chi connectivity index (χ1) is 9.15. The largest absolute Gasteiger partial charge is 0.383 e. The number of nitrogens with zero attached hydrogens (tertiary/aromatic N) is 1. The molecule has 2 heterocycles. The van der Waals surface area contributed by atoms with Crippen LogP contribution in [0, 0.1) is 0 Å². The highest BCUT2D eigenvalue weighted by Gasteiger charge is 2.36. The minimum Gasteiger partial charge on any atom is -0.383 e. The van der Waals surface area contributed by atoms with Gasteiger partial charge in [-0.2, -0.15) is 0 Å². The number of carbonyl (C=O) groups is 2. The molecule has 2 unspecified atom stereocenters. The summed E-state index contributed by atoms with van der Waals surface area (Å²) in [7, 11) is 1.49. The van der Waals surface area contributed by atoms with Crippen molar-refractivity contribution in [2.24, 2.45) is 5.73 Å². The molecule has 3 N–H and O–H groups in total. The Labute approximate surface area is 127 Å². The minimum atomic E-state index is -0.738. The molecule has 1 aliphatic rings. The van der Waals surface area contributed by atoms with Crippen molar-refractivity contribution in [3.8, 4) is 0 Å². The van der Waals surface area contributed by atoms with Crippen LogP contribution in [0.3, 0.4) is 0 Å². The summed E-state index contributed by atoms with van der Waals surface area (Å²) < 4.78 is 4.90. The molecule has 0 spiro atoms. The van der Waals surface area contributed by atoms with Crippen LogP contribution < -0.4 is 11.1 Å². The molecule has 20 heavy (non-hydrogen) atoms. The second-order valence-electron chi connectivity index (χ2n) is 4.30. The minimum absolute atomic E-state index is 0. The van der Waals surface area contributed by atoms with E-state index in [4.69, 9.17) is 10.5 Å². The Morgan fingerprint density at radius 2 is 2.45 bits per heavy atom. The van der Waals surface area contributed by atoms with Crippen molar-refractivity contribution in [3.05, 3.63) is 22.4 Å². The second-order valence-corrected chi connectivity index (χ2v) is 5.28. The van der Waals surface area contributed by atoms with E-state index in [-0.39, 0.29) is 30.8 Å². The van der Waals surface area contributed by atoms with Gasteiger partial charge in [0.1, 0.15) is 12.1 Å². The SMILES string of the molecule is COCC(N)C(=O)N1CCNC(=O)C1c1cccs1.Cl. The Balaban J connectivity index is 0.00000200. The maximum Gasteiger partial charge on any atom is 0.248 e. The first-order valence-corrected chi connectivity index (χ1v) is 6.89. The average molecular weight is 320 g/mol. The molecule has 1 saturated heterocycles. The summed E-state index contributed by atoms with van der Waals surface area (Å²) >= 11 is 1.45. The number of hydrogen-bond donors (Lipinski definition) is 2. The van der Waals surface area contributed by atoms with Crippen LogP contribution in [0.2, 0.25) is 0 Å². The van der Waals surface area contributed by atoms with Crippen molar-refractivity contribution in [1.82, 2.24) is 10.2 Å². The van der Waals surface area contributed by atoms with Gasteiger partial charge < -0.3 is 20.7 Å². The number of thiophene rings is 1. The summed E-state index contributed by atoms with van der Waals surface area (Å²) in [5.74, 6) is -0.415. The number of hydrogen-bond acceptors (Lipinski definition) is 5. The van der Waals surface area contributed by atoms with Gasteiger partial charge in [0.25, 0.3) is 0 Å². The number of piperazine rings is 1. The summed E-state index contributed by atoms with van der Waals surface area (Å²) in [4.78, 5) is 26.7. The molecule has 0 bridgehead atoms. The maximum atomic E-state index is 12.3. The number of rotatable bonds is 4. The molecule has 0 radical (unpaired) electrons. The van der Waals surface area contributed by atoms with Crippen molar-refractivity contribution in [3.63, 3.8) is 0 Å². The summed E-state index contributed by atoms with van der Waals surface area (Å²) in [5.41, 5.74) is 5.78. The first-order valence-electron chi connectivity index (χ1n) is 6.01. The van der Waals surface area contributed by atoms with Gasteiger partial charge in [0.2, 0.25) is 11.8 Å². The lowest BCUT2D eigenvalue weighted by Crippen LogP contribution is -2.56. The molecule has 2 rings (SSSR count). The molecule has 2 atom stereocenters. The Morgan fingerprint density at radius 3 is 3.05 bits per heavy atom. The molecule has 1 aliphatic heterocycles. The van der Waals surface area contributed by atoms with Gasteiger partial charge in [-0.15, -0.1) is 23.7 Å². The first kappa shape index (κ1) is 16.9. The van der Waals surface area contributed by atoms with Crippen LogP contribution in [0.5, 0.6) is 0 Å². The van der Waals surface area contributed by atoms with E-state index in [1.165, 1.54) is 23.3 Å². The maximum absolute atomic E-state index is 12.3. The van der Waals surface area contributed by atoms with Crippen molar-refractivity contribution >= 4 is 35.6 Å². The summed E-state index contributed by atoms with van der Waals surface area (Å²) in [6.45, 7) is 1.06. The molecule has 1 fully saturated rings. The van der Waals surface area contributed by atoms with Gasteiger partial charge in [0.15, 0.2) is 0 Å². The van der Waals surface area contributed by atoms with E-state index in [0.29, 0.717) is 13.1 Å². The zero-order chi connectivity index (χ0) is 13.8. The molecule has 1 aromatic rings. The van der Waals surface area contributed by atoms with E-state index in [9.17, 15) is 9.59 Å². The van der Waals surface area contributed by atoms with Crippen LogP contribution in [0.15, 0.2) is 17.5 Å². The number of nitrogens with two attached hydrogens (primary N) is 1. The van der Waals surface area contributed by atoms with E-state index >= 15 is 0 Å². The zero-order valence-corrected chi connectivity index (χ0v) is 12.7. The van der Waals surface area contributed by atoms with Crippen LogP contribution in [0.25, 0.3) is 0 Å². The molecule has 0 aliphatic carbocycles. The van der Waals surface area contributed by atoms with Crippen LogP contribution >= 0.6 is 23.7 Å². The monoisotopic (exact) mass is 319 g/mol. The molecule has 6 nitrogen and oxygen atoms in total. The Hall–Kier alpha value is -1.15. The summed E-state index contributed by atoms with van der Waals surface area (Å²) in [6, 6.07) is 2.39. The van der Waals surface area contributed by atoms with E-state index in [1.54, 1.807) is 0 Å². The van der Waals surface area contributed by atoms with E-state index in [2.05, 4.69) is 5.32 Å². The third-order valence-electron chi connectivity index (χ3n) is 2.97. The number of halogens is 1. The van der Waals surface area contributed by atoms with Gasteiger partial charge in [-0.1, -0.05) is 6.07 Å². The third kappa shape index (κ3) is 3.49. The van der Waals surface area contributed by atoms with Gasteiger partial charge in [-0.05, 0) is 11.4 Å². The Morgan fingerprint density at radius 1 is 1.70 bits per heavy atom. The van der Waals surface area contributed by atoms with Crippen LogP contribution in [0.4, 0.5) is 0 Å². The average Bonchev–Trinajstić information content (AvgIpc) is 2.91. The summed E-state index contributed by atoms with van der Waals surface area (Å²) in [6.07, 6.45) is 0. The van der Waals surface area contributed by atoms with Crippen LogP contribution in [-0.4, -0.2) is 49.6 Å². The van der Waals surface area contributed by atoms with E-state index in [0.717, 1.165) is 4.88 Å². The quantitative estimate of drug-likeness (QED) is 0.827. The van der Waals surface area contributed by atoms with Crippen molar-refractivity contribution < 1.29 is 14.3 Å². The van der Waals surface area contributed by atoms with Gasteiger partial charge in [0.05, 0.1) is 6.61 Å². The molecule has 2 amide bonds. The van der Waals surface area contributed by atoms with E-state index < -0.39 is 12.1 Å². The fraction of sp³-hybridized carbons (Fsp3) is 0.500. The number of amides is 2. The molecular weight excluding hydrogens is 302 g/mol. The van der Waals surface area contributed by atoms with Crippen molar-refractivity contribution in [1.29, 1.82) is 0 Å².